The number of hydrogen-bond donors (Lipinski definition) is 1. The van der Waals surface area contributed by atoms with Crippen LogP contribution in [-0.4, -0.2) is 75.5 Å². The molecule has 3 amide bonds. The van der Waals surface area contributed by atoms with Gasteiger partial charge < -0.3 is 19.7 Å². The summed E-state index contributed by atoms with van der Waals surface area (Å²) in [4.78, 5) is 46.7. The van der Waals surface area contributed by atoms with Crippen LogP contribution in [0.1, 0.15) is 45.6 Å². The molecule has 31 heavy (non-hydrogen) atoms. The molecule has 0 aliphatic carbocycles. The molecule has 0 radical (unpaired) electrons. The molecule has 1 N–H and O–H groups in total. The Morgan fingerprint density at radius 1 is 0.968 bits per heavy atom. The van der Waals surface area contributed by atoms with E-state index in [1.807, 2.05) is 57.4 Å². The first-order valence-corrected chi connectivity index (χ1v) is 11.5. The monoisotopic (exact) mass is 427 g/mol. The zero-order chi connectivity index (χ0) is 22.0. The van der Waals surface area contributed by atoms with Crippen molar-refractivity contribution in [1.29, 1.82) is 0 Å². The molecular weight excluding hydrogens is 394 g/mol. The van der Waals surface area contributed by atoms with Gasteiger partial charge >= 0.3 is 11.7 Å². The number of nitrogens with one attached hydrogen (secondary N) is 1. The third kappa shape index (κ3) is 4.20. The van der Waals surface area contributed by atoms with Crippen LogP contribution in [0.5, 0.6) is 0 Å². The van der Waals surface area contributed by atoms with Gasteiger partial charge in [-0.1, -0.05) is 12.1 Å². The van der Waals surface area contributed by atoms with Crippen molar-refractivity contribution in [1.82, 2.24) is 24.3 Å². The van der Waals surface area contributed by atoms with Crippen LogP contribution in [0.4, 0.5) is 4.79 Å². The zero-order valence-corrected chi connectivity index (χ0v) is 18.5. The third-order valence-electron chi connectivity index (χ3n) is 6.91. The highest BCUT2D eigenvalue weighted by molar-refractivity contribution is 5.80. The average Bonchev–Trinajstić information content (AvgIpc) is 3.15. The van der Waals surface area contributed by atoms with Crippen LogP contribution in [0, 0.1) is 5.92 Å². The molecule has 0 saturated carbocycles. The number of imidazole rings is 1. The summed E-state index contributed by atoms with van der Waals surface area (Å²) in [6, 6.07) is 7.95. The quantitative estimate of drug-likeness (QED) is 0.815. The lowest BCUT2D eigenvalue weighted by atomic mass is 9.94. The normalized spacial score (nSPS) is 18.5. The average molecular weight is 428 g/mol. The highest BCUT2D eigenvalue weighted by Crippen LogP contribution is 2.27. The number of urea groups is 1. The number of aromatic amines is 1. The summed E-state index contributed by atoms with van der Waals surface area (Å²) in [7, 11) is 0. The molecule has 168 valence electrons. The Balaban J connectivity index is 1.32. The second kappa shape index (κ2) is 9.16. The lowest BCUT2D eigenvalue weighted by Crippen LogP contribution is -2.50. The van der Waals surface area contributed by atoms with Crippen molar-refractivity contribution in [2.45, 2.75) is 45.6 Å². The van der Waals surface area contributed by atoms with Gasteiger partial charge in [-0.2, -0.15) is 0 Å². The van der Waals surface area contributed by atoms with Gasteiger partial charge in [-0.05, 0) is 51.7 Å². The molecule has 2 aliphatic heterocycles. The van der Waals surface area contributed by atoms with Gasteiger partial charge in [-0.3, -0.25) is 9.36 Å². The fourth-order valence-corrected chi connectivity index (χ4v) is 5.05. The lowest BCUT2D eigenvalue weighted by molar-refractivity contribution is -0.138. The summed E-state index contributed by atoms with van der Waals surface area (Å²) in [5.41, 5.74) is 1.72. The van der Waals surface area contributed by atoms with Crippen molar-refractivity contribution in [3.8, 4) is 0 Å². The molecule has 0 bridgehead atoms. The minimum absolute atomic E-state index is 0.00638. The standard InChI is InChI=1S/C23H33N5O3/c1-3-25(4-2)23(31)27-13-9-17(10-14-27)21(29)26-15-11-18(12-16-26)28-20-8-6-5-7-19(20)24-22(28)30/h5-8,17-18H,3-4,9-16H2,1-2H3,(H,24,30). The number of carbonyl (C=O) groups is 2. The highest BCUT2D eigenvalue weighted by atomic mass is 16.2. The third-order valence-corrected chi connectivity index (χ3v) is 6.91. The molecule has 3 heterocycles. The van der Waals surface area contributed by atoms with Crippen LogP contribution in [0.25, 0.3) is 11.0 Å². The molecule has 1 aromatic heterocycles. The van der Waals surface area contributed by atoms with E-state index < -0.39 is 0 Å². The van der Waals surface area contributed by atoms with Crippen molar-refractivity contribution < 1.29 is 9.59 Å². The van der Waals surface area contributed by atoms with Crippen molar-refractivity contribution in [3.63, 3.8) is 0 Å². The van der Waals surface area contributed by atoms with Crippen LogP contribution >= 0.6 is 0 Å². The number of rotatable bonds is 4. The molecule has 0 unspecified atom stereocenters. The van der Waals surface area contributed by atoms with E-state index in [0.29, 0.717) is 39.3 Å². The molecule has 8 nitrogen and oxygen atoms in total. The Kier molecular flexibility index (Phi) is 6.34. The molecule has 2 fully saturated rings. The van der Waals surface area contributed by atoms with Gasteiger partial charge in [-0.25, -0.2) is 9.59 Å². The smallest absolute Gasteiger partial charge is 0.326 e. The number of likely N-dealkylation sites (tertiary alicyclic amines) is 2. The van der Waals surface area contributed by atoms with E-state index >= 15 is 0 Å². The second-order valence-electron chi connectivity index (χ2n) is 8.59. The maximum absolute atomic E-state index is 13.1. The van der Waals surface area contributed by atoms with E-state index in [2.05, 4.69) is 4.98 Å². The highest BCUT2D eigenvalue weighted by Gasteiger charge is 2.33. The SMILES string of the molecule is CCN(CC)C(=O)N1CCC(C(=O)N2CCC(n3c(=O)[nH]c4ccccc43)CC2)CC1. The van der Waals surface area contributed by atoms with Gasteiger partial charge in [0.05, 0.1) is 11.0 Å². The summed E-state index contributed by atoms with van der Waals surface area (Å²) in [6.07, 6.45) is 3.03. The predicted molar refractivity (Wildman–Crippen MR) is 120 cm³/mol. The number of H-pyrrole nitrogens is 1. The zero-order valence-electron chi connectivity index (χ0n) is 18.5. The molecule has 8 heteroatoms. The summed E-state index contributed by atoms with van der Waals surface area (Å²) in [6.45, 7) is 8.05. The second-order valence-corrected chi connectivity index (χ2v) is 8.59. The minimum Gasteiger partial charge on any atom is -0.342 e. The van der Waals surface area contributed by atoms with E-state index in [0.717, 1.165) is 36.7 Å². The summed E-state index contributed by atoms with van der Waals surface area (Å²) in [5.74, 6) is 0.202. The van der Waals surface area contributed by atoms with E-state index in [1.165, 1.54) is 0 Å². The fraction of sp³-hybridized carbons (Fsp3) is 0.609. The van der Waals surface area contributed by atoms with E-state index in [4.69, 9.17) is 0 Å². The lowest BCUT2D eigenvalue weighted by Gasteiger charge is -2.38. The van der Waals surface area contributed by atoms with Crippen molar-refractivity contribution in [2.75, 3.05) is 39.3 Å². The van der Waals surface area contributed by atoms with Crippen molar-refractivity contribution in [2.24, 2.45) is 5.92 Å². The first-order valence-electron chi connectivity index (χ1n) is 11.5. The molecule has 2 saturated heterocycles. The molecule has 2 aromatic rings. The first kappa shape index (κ1) is 21.5. The number of carbonyl (C=O) groups excluding carboxylic acids is 2. The number of nitrogens with zero attached hydrogens (tertiary/aromatic N) is 4. The van der Waals surface area contributed by atoms with E-state index in [9.17, 15) is 14.4 Å². The molecule has 0 spiro atoms. The number of benzene rings is 1. The van der Waals surface area contributed by atoms with Gasteiger partial charge in [0, 0.05) is 51.2 Å². The van der Waals surface area contributed by atoms with Gasteiger partial charge in [0.25, 0.3) is 0 Å². The van der Waals surface area contributed by atoms with Gasteiger partial charge in [0.1, 0.15) is 0 Å². The Morgan fingerprint density at radius 2 is 1.58 bits per heavy atom. The number of piperidine rings is 2. The van der Waals surface area contributed by atoms with Gasteiger partial charge in [0.2, 0.25) is 5.91 Å². The van der Waals surface area contributed by atoms with Gasteiger partial charge in [0.15, 0.2) is 0 Å². The Labute approximate surface area is 182 Å². The first-order chi connectivity index (χ1) is 15.0. The number of para-hydroxylation sites is 2. The van der Waals surface area contributed by atoms with Crippen LogP contribution < -0.4 is 5.69 Å². The summed E-state index contributed by atoms with van der Waals surface area (Å²) < 4.78 is 1.86. The van der Waals surface area contributed by atoms with Crippen LogP contribution in [0.3, 0.4) is 0 Å². The number of hydrogen-bond acceptors (Lipinski definition) is 3. The molecule has 0 atom stereocenters. The maximum atomic E-state index is 13.1. The predicted octanol–water partition coefficient (Wildman–Crippen LogP) is 2.67. The molecule has 4 rings (SSSR count). The van der Waals surface area contributed by atoms with Crippen LogP contribution in [0.2, 0.25) is 0 Å². The van der Waals surface area contributed by atoms with E-state index in [1.54, 1.807) is 0 Å². The number of amides is 3. The van der Waals surface area contributed by atoms with E-state index in [-0.39, 0.29) is 29.6 Å². The Morgan fingerprint density at radius 3 is 2.23 bits per heavy atom. The fourth-order valence-electron chi connectivity index (χ4n) is 5.05. The van der Waals surface area contributed by atoms with Crippen LogP contribution in [-0.2, 0) is 4.79 Å². The molecule has 2 aliphatic rings. The van der Waals surface area contributed by atoms with Crippen LogP contribution in [0.15, 0.2) is 29.1 Å². The summed E-state index contributed by atoms with van der Waals surface area (Å²) >= 11 is 0. The largest absolute Gasteiger partial charge is 0.342 e. The topological polar surface area (TPSA) is 81.7 Å². The number of aromatic nitrogens is 2. The molecular formula is C23H33N5O3. The van der Waals surface area contributed by atoms with Crippen molar-refractivity contribution >= 4 is 23.0 Å². The Hall–Kier alpha value is -2.77. The Bertz CT molecular complexity index is 977. The number of fused-ring (bicyclic) bond motifs is 1. The van der Waals surface area contributed by atoms with Crippen molar-refractivity contribution in [3.05, 3.63) is 34.7 Å². The summed E-state index contributed by atoms with van der Waals surface area (Å²) in [5, 5.41) is 0. The van der Waals surface area contributed by atoms with Gasteiger partial charge in [-0.15, -0.1) is 0 Å². The maximum Gasteiger partial charge on any atom is 0.326 e. The minimum atomic E-state index is -0.0729. The molecule has 1 aromatic carbocycles.